The lowest BCUT2D eigenvalue weighted by atomic mass is 9.98. The van der Waals surface area contributed by atoms with Crippen LogP contribution in [0.5, 0.6) is 0 Å². The van der Waals surface area contributed by atoms with Crippen LogP contribution in [0.2, 0.25) is 0 Å². The maximum absolute atomic E-state index is 12.6. The molecule has 0 amide bonds. The normalized spacial score (nSPS) is 12.8. The highest BCUT2D eigenvalue weighted by Gasteiger charge is 2.21. The van der Waals surface area contributed by atoms with Gasteiger partial charge in [-0.3, -0.25) is 9.59 Å². The van der Waals surface area contributed by atoms with Crippen LogP contribution in [0.15, 0.2) is 84.9 Å². The first-order valence-electron chi connectivity index (χ1n) is 9.01. The van der Waals surface area contributed by atoms with Crippen molar-refractivity contribution >= 4 is 11.8 Å². The fourth-order valence-electron chi connectivity index (χ4n) is 2.91. The zero-order valence-electron chi connectivity index (χ0n) is 15.5. The summed E-state index contributed by atoms with van der Waals surface area (Å²) in [5.41, 5.74) is 2.91. The molecule has 0 fully saturated rings. The Bertz CT molecular complexity index is 917. The van der Waals surface area contributed by atoms with Crippen molar-refractivity contribution in [3.63, 3.8) is 0 Å². The molecule has 27 heavy (non-hydrogen) atoms. The summed E-state index contributed by atoms with van der Waals surface area (Å²) < 4.78 is 5.61. The van der Waals surface area contributed by atoms with Gasteiger partial charge in [0.1, 0.15) is 6.10 Å². The molecule has 0 aliphatic rings. The molecule has 0 saturated carbocycles. The van der Waals surface area contributed by atoms with Crippen LogP contribution in [-0.2, 0) is 9.53 Å². The summed E-state index contributed by atoms with van der Waals surface area (Å²) in [5, 5.41) is 0. The van der Waals surface area contributed by atoms with Crippen molar-refractivity contribution in [1.82, 2.24) is 0 Å². The van der Waals surface area contributed by atoms with E-state index in [2.05, 4.69) is 0 Å². The summed E-state index contributed by atoms with van der Waals surface area (Å²) in [5.74, 6) is -0.828. The fraction of sp³-hybridized carbons (Fsp3) is 0.167. The van der Waals surface area contributed by atoms with E-state index in [1.54, 1.807) is 37.3 Å². The van der Waals surface area contributed by atoms with Crippen molar-refractivity contribution in [2.45, 2.75) is 25.9 Å². The van der Waals surface area contributed by atoms with Crippen molar-refractivity contribution < 1.29 is 14.3 Å². The lowest BCUT2D eigenvalue weighted by Gasteiger charge is -2.18. The molecule has 0 heterocycles. The van der Waals surface area contributed by atoms with Gasteiger partial charge >= 0.3 is 5.97 Å². The van der Waals surface area contributed by atoms with E-state index in [9.17, 15) is 9.59 Å². The number of hydrogen-bond donors (Lipinski definition) is 0. The summed E-state index contributed by atoms with van der Waals surface area (Å²) in [6, 6.07) is 25.9. The van der Waals surface area contributed by atoms with Gasteiger partial charge in [-0.15, -0.1) is 0 Å². The lowest BCUT2D eigenvalue weighted by Crippen LogP contribution is -2.16. The zero-order valence-corrected chi connectivity index (χ0v) is 15.5. The summed E-state index contributed by atoms with van der Waals surface area (Å²) >= 11 is 0. The summed E-state index contributed by atoms with van der Waals surface area (Å²) in [6.45, 7) is 3.65. The Morgan fingerprint density at radius 2 is 1.26 bits per heavy atom. The molecule has 0 bridgehead atoms. The Morgan fingerprint density at radius 3 is 1.93 bits per heavy atom. The maximum atomic E-state index is 12.6. The van der Waals surface area contributed by atoms with Crippen LogP contribution < -0.4 is 0 Å². The van der Waals surface area contributed by atoms with Gasteiger partial charge in [-0.1, -0.05) is 78.9 Å². The molecule has 0 aromatic heterocycles. The SMILES string of the molecule is C[C@H](c1cccc(C(=O)c2ccccc2)c1)[13C](=O)O[C@H](C)c1ccccc1. The molecule has 2 atom stereocenters. The van der Waals surface area contributed by atoms with Crippen molar-refractivity contribution in [1.29, 1.82) is 0 Å². The molecule has 3 heteroatoms. The number of ether oxygens (including phenoxy) is 1. The van der Waals surface area contributed by atoms with Gasteiger partial charge in [0.2, 0.25) is 0 Å². The quantitative estimate of drug-likeness (QED) is 0.340. The first-order chi connectivity index (χ1) is 13.1. The number of carbonyl (C=O) groups excluding carboxylic acids is 2. The molecule has 3 nitrogen and oxygen atoms in total. The number of carbonyl (C=O) groups is 2. The number of benzene rings is 3. The van der Waals surface area contributed by atoms with Gasteiger partial charge in [0.05, 0.1) is 5.92 Å². The largest absolute Gasteiger partial charge is 0.457 e. The topological polar surface area (TPSA) is 43.4 Å². The highest BCUT2D eigenvalue weighted by Crippen LogP contribution is 2.24. The molecule has 0 N–H and O–H groups in total. The van der Waals surface area contributed by atoms with Gasteiger partial charge < -0.3 is 4.74 Å². The maximum Gasteiger partial charge on any atom is 0.313 e. The van der Waals surface area contributed by atoms with Gasteiger partial charge in [0.15, 0.2) is 5.78 Å². The van der Waals surface area contributed by atoms with Crippen molar-refractivity contribution in [2.24, 2.45) is 0 Å². The molecular weight excluding hydrogens is 337 g/mol. The molecule has 136 valence electrons. The second kappa shape index (κ2) is 8.45. The Labute approximate surface area is 159 Å². The van der Waals surface area contributed by atoms with E-state index >= 15 is 0 Å². The van der Waals surface area contributed by atoms with Gasteiger partial charge in [-0.05, 0) is 31.0 Å². The molecule has 0 radical (unpaired) electrons. The van der Waals surface area contributed by atoms with E-state index < -0.39 is 5.92 Å². The van der Waals surface area contributed by atoms with Crippen LogP contribution in [0.4, 0.5) is 0 Å². The third kappa shape index (κ3) is 4.50. The highest BCUT2D eigenvalue weighted by atomic mass is 16.6. The molecule has 3 rings (SSSR count). The van der Waals surface area contributed by atoms with E-state index in [-0.39, 0.29) is 17.9 Å². The Kier molecular flexibility index (Phi) is 5.82. The van der Waals surface area contributed by atoms with Crippen LogP contribution in [0.25, 0.3) is 0 Å². The van der Waals surface area contributed by atoms with Gasteiger partial charge in [0, 0.05) is 11.1 Å². The monoisotopic (exact) mass is 359 g/mol. The Hall–Kier alpha value is -3.20. The molecule has 0 spiro atoms. The average molecular weight is 359 g/mol. The predicted octanol–water partition coefficient (Wildman–Crippen LogP) is 5.33. The van der Waals surface area contributed by atoms with Gasteiger partial charge in [0.25, 0.3) is 0 Å². The molecule has 0 unspecified atom stereocenters. The van der Waals surface area contributed by atoms with Crippen molar-refractivity contribution in [3.8, 4) is 0 Å². The second-order valence-electron chi connectivity index (χ2n) is 6.53. The van der Waals surface area contributed by atoms with Crippen LogP contribution in [0.3, 0.4) is 0 Å². The number of hydrogen-bond acceptors (Lipinski definition) is 3. The molecule has 3 aromatic rings. The first-order valence-corrected chi connectivity index (χ1v) is 9.01. The number of rotatable bonds is 6. The van der Waals surface area contributed by atoms with Crippen molar-refractivity contribution in [3.05, 3.63) is 107 Å². The lowest BCUT2D eigenvalue weighted by molar-refractivity contribution is -0.150. The molecule has 0 aliphatic heterocycles. The van der Waals surface area contributed by atoms with E-state index in [1.165, 1.54) is 0 Å². The van der Waals surface area contributed by atoms with Crippen molar-refractivity contribution in [2.75, 3.05) is 0 Å². The predicted molar refractivity (Wildman–Crippen MR) is 106 cm³/mol. The molecule has 3 aromatic carbocycles. The minimum Gasteiger partial charge on any atom is -0.457 e. The molecule has 0 saturated heterocycles. The number of esters is 1. The summed E-state index contributed by atoms with van der Waals surface area (Å²) in [7, 11) is 0. The minimum atomic E-state index is -0.459. The van der Waals surface area contributed by atoms with Gasteiger partial charge in [-0.2, -0.15) is 0 Å². The van der Waals surface area contributed by atoms with Crippen LogP contribution >= 0.6 is 0 Å². The highest BCUT2D eigenvalue weighted by molar-refractivity contribution is 6.09. The third-order valence-corrected chi connectivity index (χ3v) is 4.60. The fourth-order valence-corrected chi connectivity index (χ4v) is 2.91. The molecule has 0 aliphatic carbocycles. The second-order valence-corrected chi connectivity index (χ2v) is 6.53. The summed E-state index contributed by atoms with van der Waals surface area (Å²) in [6.07, 6.45) is -0.324. The van der Waals surface area contributed by atoms with E-state index in [0.29, 0.717) is 11.1 Å². The first kappa shape index (κ1) is 18.6. The third-order valence-electron chi connectivity index (χ3n) is 4.60. The smallest absolute Gasteiger partial charge is 0.313 e. The van der Waals surface area contributed by atoms with Crippen LogP contribution in [-0.4, -0.2) is 11.8 Å². The Balaban J connectivity index is 1.74. The number of ketones is 1. The van der Waals surface area contributed by atoms with Crippen LogP contribution in [0.1, 0.15) is 52.9 Å². The Morgan fingerprint density at radius 1 is 0.704 bits per heavy atom. The minimum absolute atomic E-state index is 0.0596. The van der Waals surface area contributed by atoms with E-state index in [1.807, 2.05) is 61.5 Å². The van der Waals surface area contributed by atoms with Gasteiger partial charge in [-0.25, -0.2) is 0 Å². The zero-order chi connectivity index (χ0) is 19.2. The summed E-state index contributed by atoms with van der Waals surface area (Å²) in [4.78, 5) is 25.2. The molecular formula is C24H22O3. The van der Waals surface area contributed by atoms with Crippen LogP contribution in [0, 0.1) is 0 Å². The van der Waals surface area contributed by atoms with E-state index in [4.69, 9.17) is 4.74 Å². The van der Waals surface area contributed by atoms with E-state index in [0.717, 1.165) is 11.1 Å². The standard InChI is InChI=1S/C24H22O3/c1-17(24(26)27-18(2)19-10-5-3-6-11-19)21-14-9-15-22(16-21)23(25)20-12-7-4-8-13-20/h3-18H,1-2H3/t17-,18-/m1/s1/i24+1. The average Bonchev–Trinajstić information content (AvgIpc) is 2.74.